The zero-order valence-corrected chi connectivity index (χ0v) is 21.0. The molecule has 1 unspecified atom stereocenters. The van der Waals surface area contributed by atoms with Crippen molar-refractivity contribution in [3.8, 4) is 5.75 Å². The molecule has 1 amide bonds. The van der Waals surface area contributed by atoms with E-state index < -0.39 is 14.1 Å². The molecular formula is C27H32N2O3Si. The summed E-state index contributed by atoms with van der Waals surface area (Å²) in [5, 5.41) is 1.35. The molecule has 0 fully saturated rings. The van der Waals surface area contributed by atoms with Crippen LogP contribution in [0.3, 0.4) is 0 Å². The summed E-state index contributed by atoms with van der Waals surface area (Å²) in [6.45, 7) is 6.90. The first-order chi connectivity index (χ1) is 15.7. The Hall–Kier alpha value is -3.25. The lowest BCUT2D eigenvalue weighted by molar-refractivity contribution is -0.137. The zero-order valence-electron chi connectivity index (χ0n) is 20.0. The fourth-order valence-electron chi connectivity index (χ4n) is 3.76. The Morgan fingerprint density at radius 2 is 1.61 bits per heavy atom. The van der Waals surface area contributed by atoms with E-state index in [-0.39, 0.29) is 24.5 Å². The summed E-state index contributed by atoms with van der Waals surface area (Å²) in [5.41, 5.74) is 2.39. The molecule has 0 radical (unpaired) electrons. The van der Waals surface area contributed by atoms with Gasteiger partial charge in [-0.05, 0) is 35.4 Å². The van der Waals surface area contributed by atoms with Gasteiger partial charge < -0.3 is 9.64 Å². The van der Waals surface area contributed by atoms with Crippen molar-refractivity contribution in [2.24, 2.45) is 0 Å². The van der Waals surface area contributed by atoms with Gasteiger partial charge in [-0.15, -0.1) is 0 Å². The van der Waals surface area contributed by atoms with Gasteiger partial charge in [-0.3, -0.25) is 14.6 Å². The number of hydrogen-bond acceptors (Lipinski definition) is 4. The third-order valence-corrected chi connectivity index (χ3v) is 7.84. The molecule has 0 saturated carbocycles. The van der Waals surface area contributed by atoms with Gasteiger partial charge in [0.1, 0.15) is 11.8 Å². The minimum absolute atomic E-state index is 0.0298. The second-order valence-corrected chi connectivity index (χ2v) is 14.3. The highest BCUT2D eigenvalue weighted by Gasteiger charge is 2.29. The Balaban J connectivity index is 1.85. The largest absolute Gasteiger partial charge is 0.497 e. The van der Waals surface area contributed by atoms with Crippen molar-refractivity contribution in [3.63, 3.8) is 0 Å². The van der Waals surface area contributed by atoms with Crippen LogP contribution in [0.5, 0.6) is 5.75 Å². The van der Waals surface area contributed by atoms with Crippen molar-refractivity contribution in [3.05, 3.63) is 89.7 Å². The van der Waals surface area contributed by atoms with Gasteiger partial charge in [0.25, 0.3) is 0 Å². The number of nitrogens with zero attached hydrogens (tertiary/aromatic N) is 2. The molecule has 3 aromatic rings. The summed E-state index contributed by atoms with van der Waals surface area (Å²) in [6, 6.07) is 20.4. The standard InChI is InChI=1S/C27H32N2O3Si/c1-29(26(31)19-22-8-6-7-17-28-22)27(21-11-13-23(32-2)14-12-21)25(30)18-20-9-15-24(16-10-20)33(3,4)5/h6-17,27H,18-19H2,1-5H3. The Morgan fingerprint density at radius 1 is 0.939 bits per heavy atom. The van der Waals surface area contributed by atoms with E-state index >= 15 is 0 Å². The van der Waals surface area contributed by atoms with Crippen LogP contribution in [0.1, 0.15) is 22.9 Å². The lowest BCUT2D eigenvalue weighted by Crippen LogP contribution is -2.38. The number of ketones is 1. The van der Waals surface area contributed by atoms with Crippen molar-refractivity contribution < 1.29 is 14.3 Å². The Morgan fingerprint density at radius 3 is 2.15 bits per heavy atom. The molecule has 0 aliphatic heterocycles. The van der Waals surface area contributed by atoms with Crippen LogP contribution in [0.4, 0.5) is 0 Å². The van der Waals surface area contributed by atoms with Crippen molar-refractivity contribution in [1.29, 1.82) is 0 Å². The number of ether oxygens (including phenoxy) is 1. The van der Waals surface area contributed by atoms with Gasteiger partial charge in [-0.1, -0.05) is 67.3 Å². The average molecular weight is 461 g/mol. The zero-order chi connectivity index (χ0) is 24.0. The predicted octanol–water partition coefficient (Wildman–Crippen LogP) is 4.19. The van der Waals surface area contributed by atoms with Crippen LogP contribution in [-0.4, -0.2) is 43.8 Å². The molecule has 0 saturated heterocycles. The van der Waals surface area contributed by atoms with Gasteiger partial charge in [0, 0.05) is 25.4 Å². The first-order valence-corrected chi connectivity index (χ1v) is 14.6. The summed E-state index contributed by atoms with van der Waals surface area (Å²) in [4.78, 5) is 32.4. The third kappa shape index (κ3) is 6.39. The van der Waals surface area contributed by atoms with Gasteiger partial charge in [0.05, 0.1) is 21.6 Å². The van der Waals surface area contributed by atoms with E-state index in [0.29, 0.717) is 11.4 Å². The van der Waals surface area contributed by atoms with Gasteiger partial charge in [-0.2, -0.15) is 0 Å². The van der Waals surface area contributed by atoms with E-state index in [1.165, 1.54) is 10.1 Å². The van der Waals surface area contributed by atoms with Crippen molar-refractivity contribution in [1.82, 2.24) is 9.88 Å². The Bertz CT molecular complexity index is 1080. The monoisotopic (exact) mass is 460 g/mol. The highest BCUT2D eigenvalue weighted by Crippen LogP contribution is 2.25. The number of amides is 1. The molecule has 0 aliphatic carbocycles. The molecule has 172 valence electrons. The number of carbonyl (C=O) groups excluding carboxylic acids is 2. The number of hydrogen-bond donors (Lipinski definition) is 0. The van der Waals surface area contributed by atoms with Crippen LogP contribution < -0.4 is 9.92 Å². The minimum Gasteiger partial charge on any atom is -0.497 e. The van der Waals surface area contributed by atoms with Crippen LogP contribution in [0.15, 0.2) is 72.9 Å². The van der Waals surface area contributed by atoms with Crippen LogP contribution in [0, 0.1) is 0 Å². The fraction of sp³-hybridized carbons (Fsp3) is 0.296. The summed E-state index contributed by atoms with van der Waals surface area (Å²) in [7, 11) is 1.88. The molecule has 33 heavy (non-hydrogen) atoms. The molecule has 1 aromatic heterocycles. The highest BCUT2D eigenvalue weighted by atomic mass is 28.3. The molecular weight excluding hydrogens is 428 g/mol. The van der Waals surface area contributed by atoms with E-state index in [2.05, 4.69) is 36.8 Å². The molecule has 1 atom stereocenters. The molecule has 3 rings (SSSR count). The van der Waals surface area contributed by atoms with Crippen molar-refractivity contribution >= 4 is 25.0 Å². The quantitative estimate of drug-likeness (QED) is 0.449. The van der Waals surface area contributed by atoms with Gasteiger partial charge in [0.2, 0.25) is 5.91 Å². The van der Waals surface area contributed by atoms with Crippen LogP contribution in [0.25, 0.3) is 0 Å². The second-order valence-electron chi connectivity index (χ2n) is 9.27. The van der Waals surface area contributed by atoms with E-state index in [0.717, 1.165) is 11.1 Å². The molecule has 1 heterocycles. The fourth-order valence-corrected chi connectivity index (χ4v) is 4.93. The Kier molecular flexibility index (Phi) is 7.82. The first kappa shape index (κ1) is 24.4. The maximum atomic E-state index is 13.5. The van der Waals surface area contributed by atoms with E-state index in [4.69, 9.17) is 4.74 Å². The minimum atomic E-state index is -1.41. The van der Waals surface area contributed by atoms with Gasteiger partial charge in [-0.25, -0.2) is 0 Å². The molecule has 0 spiro atoms. The number of rotatable bonds is 9. The summed E-state index contributed by atoms with van der Waals surface area (Å²) in [6.07, 6.45) is 2.06. The number of benzene rings is 2. The maximum Gasteiger partial charge on any atom is 0.229 e. The van der Waals surface area contributed by atoms with E-state index in [9.17, 15) is 9.59 Å². The van der Waals surface area contributed by atoms with E-state index in [1.54, 1.807) is 20.4 Å². The highest BCUT2D eigenvalue weighted by molar-refractivity contribution is 6.88. The van der Waals surface area contributed by atoms with Crippen molar-refractivity contribution in [2.75, 3.05) is 14.2 Å². The second kappa shape index (κ2) is 10.6. The van der Waals surface area contributed by atoms with Crippen LogP contribution in [-0.2, 0) is 22.4 Å². The smallest absolute Gasteiger partial charge is 0.229 e. The van der Waals surface area contributed by atoms with Gasteiger partial charge >= 0.3 is 0 Å². The molecule has 0 bridgehead atoms. The average Bonchev–Trinajstić information content (AvgIpc) is 2.80. The molecule has 0 N–H and O–H groups in total. The predicted molar refractivity (Wildman–Crippen MR) is 135 cm³/mol. The normalized spacial score (nSPS) is 12.2. The number of likely N-dealkylation sites (N-methyl/N-ethyl adjacent to an activating group) is 1. The molecule has 2 aromatic carbocycles. The number of Topliss-reactive ketones (excluding diaryl/α,β-unsaturated/α-hetero) is 1. The maximum absolute atomic E-state index is 13.5. The van der Waals surface area contributed by atoms with E-state index in [1.807, 2.05) is 54.6 Å². The summed E-state index contributed by atoms with van der Waals surface area (Å²) >= 11 is 0. The van der Waals surface area contributed by atoms with Crippen LogP contribution >= 0.6 is 0 Å². The molecule has 5 nitrogen and oxygen atoms in total. The number of methoxy groups -OCH3 is 1. The molecule has 0 aliphatic rings. The number of aromatic nitrogens is 1. The third-order valence-electron chi connectivity index (χ3n) is 5.77. The first-order valence-electron chi connectivity index (χ1n) is 11.1. The number of carbonyl (C=O) groups is 2. The summed E-state index contributed by atoms with van der Waals surface area (Å²) < 4.78 is 5.26. The lowest BCUT2D eigenvalue weighted by atomic mass is 9.96. The Labute approximate surface area is 197 Å². The van der Waals surface area contributed by atoms with Crippen LogP contribution in [0.2, 0.25) is 19.6 Å². The summed E-state index contributed by atoms with van der Waals surface area (Å²) in [5.74, 6) is 0.518. The SMILES string of the molecule is COc1ccc(C(C(=O)Cc2ccc([Si](C)(C)C)cc2)N(C)C(=O)Cc2ccccn2)cc1. The lowest BCUT2D eigenvalue weighted by Gasteiger charge is -2.28. The van der Waals surface area contributed by atoms with Gasteiger partial charge in [0.15, 0.2) is 5.78 Å². The topological polar surface area (TPSA) is 59.5 Å². The van der Waals surface area contributed by atoms with Crippen molar-refractivity contribution in [2.45, 2.75) is 38.5 Å². The molecule has 6 heteroatoms. The number of pyridine rings is 1.